The predicted molar refractivity (Wildman–Crippen MR) is 61.7 cm³/mol. The van der Waals surface area contributed by atoms with E-state index in [0.29, 0.717) is 10.6 Å². The quantitative estimate of drug-likeness (QED) is 0.779. The Morgan fingerprint density at radius 3 is 2.61 bits per heavy atom. The standard InChI is InChI=1S/C12H8F3NOS/c1-7-11(18-6-16-7)10(17)8-3-2-4-9(5-8)12(13,14)15/h2-6H,1H3. The molecule has 0 amide bonds. The molecule has 0 saturated heterocycles. The highest BCUT2D eigenvalue weighted by Gasteiger charge is 2.31. The number of ketones is 1. The van der Waals surface area contributed by atoms with E-state index in [1.165, 1.54) is 17.6 Å². The molecule has 94 valence electrons. The zero-order chi connectivity index (χ0) is 13.3. The Morgan fingerprint density at radius 1 is 1.33 bits per heavy atom. The van der Waals surface area contributed by atoms with Crippen molar-refractivity contribution in [3.8, 4) is 0 Å². The second-order valence-electron chi connectivity index (χ2n) is 3.67. The molecule has 0 unspecified atom stereocenters. The molecule has 18 heavy (non-hydrogen) atoms. The van der Waals surface area contributed by atoms with Crippen LogP contribution in [0.15, 0.2) is 29.8 Å². The molecule has 0 bridgehead atoms. The fourth-order valence-corrected chi connectivity index (χ4v) is 2.25. The van der Waals surface area contributed by atoms with Gasteiger partial charge in [0.1, 0.15) is 0 Å². The first-order chi connectivity index (χ1) is 8.39. The monoisotopic (exact) mass is 271 g/mol. The second-order valence-corrected chi connectivity index (χ2v) is 4.53. The number of rotatable bonds is 2. The van der Waals surface area contributed by atoms with Gasteiger partial charge in [-0.15, -0.1) is 11.3 Å². The van der Waals surface area contributed by atoms with Crippen LogP contribution in [0.5, 0.6) is 0 Å². The number of carbonyl (C=O) groups is 1. The fraction of sp³-hybridized carbons (Fsp3) is 0.167. The number of alkyl halides is 3. The number of aryl methyl sites for hydroxylation is 1. The number of thiazole rings is 1. The van der Waals surface area contributed by atoms with Crippen molar-refractivity contribution in [3.63, 3.8) is 0 Å². The molecule has 0 aliphatic carbocycles. The summed E-state index contributed by atoms with van der Waals surface area (Å²) in [5.41, 5.74) is 1.23. The molecule has 0 fully saturated rings. The molecule has 2 aromatic rings. The molecule has 1 aromatic carbocycles. The molecule has 2 nitrogen and oxygen atoms in total. The van der Waals surface area contributed by atoms with Gasteiger partial charge in [0.2, 0.25) is 5.78 Å². The van der Waals surface area contributed by atoms with E-state index < -0.39 is 17.5 Å². The lowest BCUT2D eigenvalue weighted by atomic mass is 10.1. The van der Waals surface area contributed by atoms with Gasteiger partial charge in [-0.25, -0.2) is 4.98 Å². The van der Waals surface area contributed by atoms with Gasteiger partial charge in [0.05, 0.1) is 21.6 Å². The maximum atomic E-state index is 12.5. The molecule has 0 atom stereocenters. The maximum absolute atomic E-state index is 12.5. The molecule has 2 rings (SSSR count). The molecular formula is C12H8F3NOS. The molecule has 0 spiro atoms. The van der Waals surface area contributed by atoms with E-state index in [1.807, 2.05) is 0 Å². The Hall–Kier alpha value is -1.69. The van der Waals surface area contributed by atoms with Gasteiger partial charge in [-0.1, -0.05) is 12.1 Å². The van der Waals surface area contributed by atoms with Crippen LogP contribution in [0.2, 0.25) is 0 Å². The molecule has 0 radical (unpaired) electrons. The molecule has 1 heterocycles. The van der Waals surface area contributed by atoms with Gasteiger partial charge in [0, 0.05) is 5.56 Å². The number of benzene rings is 1. The second kappa shape index (κ2) is 4.53. The molecule has 6 heteroatoms. The van der Waals surface area contributed by atoms with E-state index in [0.717, 1.165) is 23.5 Å². The Labute approximate surface area is 105 Å². The van der Waals surface area contributed by atoms with Crippen LogP contribution < -0.4 is 0 Å². The van der Waals surface area contributed by atoms with Crippen LogP contribution in [-0.2, 0) is 6.18 Å². The van der Waals surface area contributed by atoms with E-state index in [1.54, 1.807) is 6.92 Å². The summed E-state index contributed by atoms with van der Waals surface area (Å²) in [5.74, 6) is -0.430. The Kier molecular flexibility index (Phi) is 3.21. The van der Waals surface area contributed by atoms with Crippen molar-refractivity contribution >= 4 is 17.1 Å². The van der Waals surface area contributed by atoms with Gasteiger partial charge >= 0.3 is 6.18 Å². The summed E-state index contributed by atoms with van der Waals surface area (Å²) in [7, 11) is 0. The normalized spacial score (nSPS) is 11.6. The van der Waals surface area contributed by atoms with Gasteiger partial charge in [0.15, 0.2) is 0 Å². The molecule has 0 aliphatic heterocycles. The number of hydrogen-bond donors (Lipinski definition) is 0. The number of halogens is 3. The van der Waals surface area contributed by atoms with Crippen LogP contribution in [0, 0.1) is 6.92 Å². The van der Waals surface area contributed by atoms with Crippen molar-refractivity contribution in [1.29, 1.82) is 0 Å². The summed E-state index contributed by atoms with van der Waals surface area (Å²) < 4.78 is 37.6. The Morgan fingerprint density at radius 2 is 2.06 bits per heavy atom. The molecular weight excluding hydrogens is 263 g/mol. The smallest absolute Gasteiger partial charge is 0.288 e. The van der Waals surface area contributed by atoms with Gasteiger partial charge in [-0.3, -0.25) is 4.79 Å². The van der Waals surface area contributed by atoms with Crippen LogP contribution in [-0.4, -0.2) is 10.8 Å². The third-order valence-electron chi connectivity index (χ3n) is 2.40. The zero-order valence-electron chi connectivity index (χ0n) is 9.28. The third-order valence-corrected chi connectivity index (χ3v) is 3.33. The van der Waals surface area contributed by atoms with Crippen molar-refractivity contribution in [2.24, 2.45) is 0 Å². The van der Waals surface area contributed by atoms with Crippen molar-refractivity contribution in [1.82, 2.24) is 4.98 Å². The topological polar surface area (TPSA) is 30.0 Å². The van der Waals surface area contributed by atoms with Crippen LogP contribution in [0.1, 0.15) is 26.5 Å². The number of aromatic nitrogens is 1. The average Bonchev–Trinajstić information content (AvgIpc) is 2.73. The lowest BCUT2D eigenvalue weighted by Gasteiger charge is -2.07. The van der Waals surface area contributed by atoms with Gasteiger partial charge < -0.3 is 0 Å². The summed E-state index contributed by atoms with van der Waals surface area (Å²) in [6.45, 7) is 1.65. The summed E-state index contributed by atoms with van der Waals surface area (Å²) in [6.07, 6.45) is -4.45. The Balaban J connectivity index is 2.41. The van der Waals surface area contributed by atoms with Gasteiger partial charge in [0.25, 0.3) is 0 Å². The van der Waals surface area contributed by atoms with E-state index in [4.69, 9.17) is 0 Å². The molecule has 0 saturated carbocycles. The highest BCUT2D eigenvalue weighted by atomic mass is 32.1. The van der Waals surface area contributed by atoms with Crippen molar-refractivity contribution in [2.45, 2.75) is 13.1 Å². The van der Waals surface area contributed by atoms with E-state index in [9.17, 15) is 18.0 Å². The highest BCUT2D eigenvalue weighted by Crippen LogP contribution is 2.30. The van der Waals surface area contributed by atoms with Crippen molar-refractivity contribution < 1.29 is 18.0 Å². The van der Waals surface area contributed by atoms with Crippen molar-refractivity contribution in [2.75, 3.05) is 0 Å². The average molecular weight is 271 g/mol. The minimum absolute atomic E-state index is 0.0252. The Bertz CT molecular complexity index is 589. The highest BCUT2D eigenvalue weighted by molar-refractivity contribution is 7.12. The lowest BCUT2D eigenvalue weighted by Crippen LogP contribution is -2.08. The largest absolute Gasteiger partial charge is 0.416 e. The summed E-state index contributed by atoms with van der Waals surface area (Å²) in [4.78, 5) is 16.3. The summed E-state index contributed by atoms with van der Waals surface area (Å²) in [6, 6.07) is 4.40. The number of hydrogen-bond acceptors (Lipinski definition) is 3. The first-order valence-electron chi connectivity index (χ1n) is 5.01. The molecule has 0 aliphatic rings. The first-order valence-corrected chi connectivity index (χ1v) is 5.89. The first kappa shape index (κ1) is 12.8. The lowest BCUT2D eigenvalue weighted by molar-refractivity contribution is -0.137. The number of carbonyl (C=O) groups excluding carboxylic acids is 1. The molecule has 1 aromatic heterocycles. The minimum atomic E-state index is -4.45. The van der Waals surface area contributed by atoms with E-state index in [2.05, 4.69) is 4.98 Å². The van der Waals surface area contributed by atoms with Crippen LogP contribution in [0.4, 0.5) is 13.2 Å². The van der Waals surface area contributed by atoms with Crippen LogP contribution in [0.3, 0.4) is 0 Å². The van der Waals surface area contributed by atoms with E-state index >= 15 is 0 Å². The number of nitrogens with zero attached hydrogens (tertiary/aromatic N) is 1. The minimum Gasteiger partial charge on any atom is -0.288 e. The van der Waals surface area contributed by atoms with Crippen LogP contribution >= 0.6 is 11.3 Å². The summed E-state index contributed by atoms with van der Waals surface area (Å²) >= 11 is 1.12. The predicted octanol–water partition coefficient (Wildman–Crippen LogP) is 3.70. The van der Waals surface area contributed by atoms with Gasteiger partial charge in [-0.05, 0) is 19.1 Å². The zero-order valence-corrected chi connectivity index (χ0v) is 10.1. The maximum Gasteiger partial charge on any atom is 0.416 e. The third kappa shape index (κ3) is 2.43. The SMILES string of the molecule is Cc1ncsc1C(=O)c1cccc(C(F)(F)F)c1. The summed E-state index contributed by atoms with van der Waals surface area (Å²) in [5, 5.41) is 0. The van der Waals surface area contributed by atoms with E-state index in [-0.39, 0.29) is 5.56 Å². The van der Waals surface area contributed by atoms with Crippen LogP contribution in [0.25, 0.3) is 0 Å². The van der Waals surface area contributed by atoms with Crippen molar-refractivity contribution in [3.05, 3.63) is 51.5 Å². The fourth-order valence-electron chi connectivity index (χ4n) is 1.49. The molecule has 0 N–H and O–H groups in total. The van der Waals surface area contributed by atoms with Gasteiger partial charge in [-0.2, -0.15) is 13.2 Å².